The molecule has 0 radical (unpaired) electrons. The molecule has 1 aliphatic rings. The van der Waals surface area contributed by atoms with Crippen molar-refractivity contribution >= 4 is 38.0 Å². The Kier molecular flexibility index (Phi) is 20.1. The molecule has 1 fully saturated rings. The Bertz CT molecular complexity index is 1350. The van der Waals surface area contributed by atoms with E-state index in [0.29, 0.717) is 49.8 Å². The molecular formula is C28H42F6N2O13S2. The van der Waals surface area contributed by atoms with Crippen molar-refractivity contribution < 1.29 is 90.5 Å². The van der Waals surface area contributed by atoms with Crippen molar-refractivity contribution in [2.24, 2.45) is 0 Å². The fraction of sp³-hybridized carbons (Fsp3) is 0.679. The highest BCUT2D eigenvalue weighted by Crippen LogP contribution is 2.36. The van der Waals surface area contributed by atoms with E-state index in [4.69, 9.17) is 28.4 Å². The first-order valence-electron chi connectivity index (χ1n) is 14.7. The molecule has 51 heavy (non-hydrogen) atoms. The van der Waals surface area contributed by atoms with Gasteiger partial charge in [0.15, 0.2) is 20.0 Å². The molecule has 15 nitrogen and oxygen atoms in total. The van der Waals surface area contributed by atoms with E-state index in [0.717, 1.165) is 41.2 Å². The molecule has 0 aliphatic carbocycles. The van der Waals surface area contributed by atoms with Crippen molar-refractivity contribution in [2.45, 2.75) is 44.3 Å². The summed E-state index contributed by atoms with van der Waals surface area (Å²) in [7, 11) is -13.4. The molecule has 1 aliphatic heterocycles. The van der Waals surface area contributed by atoms with Crippen LogP contribution in [0, 0.1) is 0 Å². The second-order valence-electron chi connectivity index (χ2n) is 10.9. The number of alkyl halides is 6. The van der Waals surface area contributed by atoms with Crippen LogP contribution in [0.1, 0.15) is 27.2 Å². The van der Waals surface area contributed by atoms with Crippen molar-refractivity contribution in [3.05, 3.63) is 40.6 Å². The molecular weight excluding hydrogens is 750 g/mol. The molecule has 1 unspecified atom stereocenters. The van der Waals surface area contributed by atoms with Gasteiger partial charge < -0.3 is 37.0 Å². The zero-order chi connectivity index (χ0) is 39.7. The second-order valence-corrected chi connectivity index (χ2v) is 14.3. The maximum atomic E-state index is 11.5. The fourth-order valence-electron chi connectivity index (χ4n) is 3.73. The van der Waals surface area contributed by atoms with E-state index in [9.17, 15) is 57.6 Å². The van der Waals surface area contributed by atoms with Gasteiger partial charge in [-0.3, -0.25) is 0 Å². The van der Waals surface area contributed by atoms with Crippen LogP contribution in [0.15, 0.2) is 36.5 Å². The lowest BCUT2D eigenvalue weighted by Gasteiger charge is -2.34. The van der Waals surface area contributed by atoms with E-state index < -0.39 is 49.0 Å². The maximum Gasteiger partial charge on any atom is 0.480 e. The minimum atomic E-state index is -6.72. The summed E-state index contributed by atoms with van der Waals surface area (Å²) in [5.74, 6) is -1.28. The van der Waals surface area contributed by atoms with E-state index in [1.807, 2.05) is 0 Å². The highest BCUT2D eigenvalue weighted by molar-refractivity contribution is 8.13. The van der Waals surface area contributed by atoms with Gasteiger partial charge in [0.05, 0.1) is 39.6 Å². The number of carbonyl (C=O) groups excluding carboxylic acids is 3. The number of carbonyl (C=O) groups is 3. The molecule has 0 amide bonds. The van der Waals surface area contributed by atoms with Crippen LogP contribution in [0.4, 0.5) is 26.3 Å². The average Bonchev–Trinajstić information content (AvgIpc) is 3.39. The standard InChI is InChI=1S/C26H42NO9.C2F6NO4S2/c1-20(2)24(28)34-15-13-31-11-9-27(10-12-32-14-16-35-25(29)21(3)4)8-7-23(19-27)33-17-18-36-26(30)22(5)6;3-1(4,5)14(10,11)9-15(12,13)2(6,7)8/h23H,1,3,5,7-19H2,2,4,6H3;/q+1;-1. The van der Waals surface area contributed by atoms with E-state index in [2.05, 4.69) is 19.7 Å². The third-order valence-corrected chi connectivity index (χ3v) is 9.09. The monoisotopic (exact) mass is 792 g/mol. The summed E-state index contributed by atoms with van der Waals surface area (Å²) in [5, 5.41) is 0. The van der Waals surface area contributed by atoms with Gasteiger partial charge in [-0.15, -0.1) is 0 Å². The second kappa shape index (κ2) is 21.4. The Labute approximate surface area is 292 Å². The summed E-state index contributed by atoms with van der Waals surface area (Å²) < 4.78 is 142. The number of esters is 3. The van der Waals surface area contributed by atoms with E-state index in [1.165, 1.54) is 0 Å². The minimum Gasteiger partial charge on any atom is -0.460 e. The summed E-state index contributed by atoms with van der Waals surface area (Å²) >= 11 is 0. The topological polar surface area (TPSA) is 189 Å². The molecule has 1 atom stereocenters. The van der Waals surface area contributed by atoms with Gasteiger partial charge in [0.25, 0.3) is 0 Å². The van der Waals surface area contributed by atoms with Crippen molar-refractivity contribution in [1.29, 1.82) is 0 Å². The molecule has 0 N–H and O–H groups in total. The number of nitrogens with zero attached hydrogens (tertiary/aromatic N) is 2. The number of hydrogen-bond donors (Lipinski definition) is 0. The van der Waals surface area contributed by atoms with Gasteiger partial charge in [0.1, 0.15) is 45.6 Å². The third-order valence-electron chi connectivity index (χ3n) is 6.35. The highest BCUT2D eigenvalue weighted by Gasteiger charge is 2.47. The van der Waals surface area contributed by atoms with E-state index >= 15 is 0 Å². The Morgan fingerprint density at radius 1 is 0.647 bits per heavy atom. The molecule has 0 bridgehead atoms. The molecule has 0 spiro atoms. The van der Waals surface area contributed by atoms with Gasteiger partial charge in [-0.05, 0) is 20.8 Å². The van der Waals surface area contributed by atoms with Crippen molar-refractivity contribution in [1.82, 2.24) is 0 Å². The van der Waals surface area contributed by atoms with Crippen LogP contribution in [0.3, 0.4) is 0 Å². The third kappa shape index (κ3) is 18.8. The lowest BCUT2D eigenvalue weighted by molar-refractivity contribution is -0.918. The quantitative estimate of drug-likeness (QED) is 0.0413. The van der Waals surface area contributed by atoms with Crippen LogP contribution in [0.25, 0.3) is 4.13 Å². The van der Waals surface area contributed by atoms with Gasteiger partial charge in [0.2, 0.25) is 0 Å². The predicted molar refractivity (Wildman–Crippen MR) is 166 cm³/mol. The highest BCUT2D eigenvalue weighted by atomic mass is 32.3. The van der Waals surface area contributed by atoms with Crippen LogP contribution in [0.5, 0.6) is 0 Å². The van der Waals surface area contributed by atoms with Crippen molar-refractivity contribution in [3.8, 4) is 0 Å². The number of ether oxygens (including phenoxy) is 6. The van der Waals surface area contributed by atoms with Crippen molar-refractivity contribution in [2.75, 3.05) is 79.0 Å². The Morgan fingerprint density at radius 3 is 1.33 bits per heavy atom. The Morgan fingerprint density at radius 2 is 1.00 bits per heavy atom. The molecule has 1 heterocycles. The minimum absolute atomic E-state index is 0.0292. The maximum absolute atomic E-state index is 11.5. The fourth-order valence-corrected chi connectivity index (χ4v) is 5.44. The zero-order valence-electron chi connectivity index (χ0n) is 28.2. The Hall–Kier alpha value is -3.09. The number of likely N-dealkylation sites (tertiary alicyclic amines) is 1. The van der Waals surface area contributed by atoms with E-state index in [-0.39, 0.29) is 25.9 Å². The smallest absolute Gasteiger partial charge is 0.460 e. The van der Waals surface area contributed by atoms with Crippen LogP contribution in [0.2, 0.25) is 0 Å². The molecule has 296 valence electrons. The predicted octanol–water partition coefficient (Wildman–Crippen LogP) is 3.04. The molecule has 1 saturated heterocycles. The van der Waals surface area contributed by atoms with Gasteiger partial charge in [-0.1, -0.05) is 19.7 Å². The van der Waals surface area contributed by atoms with Gasteiger partial charge in [-0.2, -0.15) is 26.3 Å². The summed E-state index contributed by atoms with van der Waals surface area (Å²) in [4.78, 5) is 34.4. The first kappa shape index (κ1) is 47.9. The van der Waals surface area contributed by atoms with E-state index in [1.54, 1.807) is 20.8 Å². The van der Waals surface area contributed by atoms with Crippen molar-refractivity contribution in [3.63, 3.8) is 0 Å². The molecule has 0 aromatic rings. The molecule has 0 saturated carbocycles. The normalized spacial score (nSPS) is 16.0. The number of rotatable bonds is 21. The van der Waals surface area contributed by atoms with Gasteiger partial charge in [0, 0.05) is 23.1 Å². The lowest BCUT2D eigenvalue weighted by Crippen LogP contribution is -2.51. The molecule has 0 aromatic carbocycles. The number of hydrogen-bond acceptors (Lipinski definition) is 13. The largest absolute Gasteiger partial charge is 0.480 e. The average molecular weight is 793 g/mol. The lowest BCUT2D eigenvalue weighted by atomic mass is 10.3. The van der Waals surface area contributed by atoms with Gasteiger partial charge >= 0.3 is 28.9 Å². The Balaban J connectivity index is 0.00000139. The summed E-state index contributed by atoms with van der Waals surface area (Å²) in [6, 6.07) is 0. The molecule has 1 rings (SSSR count). The first-order chi connectivity index (χ1) is 23.3. The van der Waals surface area contributed by atoms with Crippen LogP contribution in [-0.2, 0) is 62.9 Å². The van der Waals surface area contributed by atoms with Crippen LogP contribution >= 0.6 is 0 Å². The first-order valence-corrected chi connectivity index (χ1v) is 17.6. The summed E-state index contributed by atoms with van der Waals surface area (Å²) in [6.07, 6.45) is 0.891. The summed E-state index contributed by atoms with van der Waals surface area (Å²) in [5.41, 5.74) is -11.3. The number of halogens is 6. The van der Waals surface area contributed by atoms with Crippen LogP contribution < -0.4 is 0 Å². The number of sulfonamides is 2. The number of quaternary nitrogens is 1. The SMILES string of the molecule is C=C(C)C(=O)OCCOCC[N+]1(CCOCCOC(=O)C(=C)C)CCC(OCCOC(=O)C(=C)C)C1.O=S(=O)([N-]S(=O)(=O)C(F)(F)F)C(F)(F)F. The summed E-state index contributed by atoms with van der Waals surface area (Å²) in [6.45, 7) is 21.0. The molecule has 23 heteroatoms. The van der Waals surface area contributed by atoms with Gasteiger partial charge in [-0.25, -0.2) is 31.2 Å². The molecule has 0 aromatic heterocycles. The van der Waals surface area contributed by atoms with Crippen LogP contribution in [-0.4, -0.2) is 135 Å². The zero-order valence-corrected chi connectivity index (χ0v) is 29.8.